The summed E-state index contributed by atoms with van der Waals surface area (Å²) in [6.07, 6.45) is 0. The maximum atomic E-state index is 13.1. The molecule has 0 radical (unpaired) electrons. The SMILES string of the molecule is Nc1ccc(Br)cc1S(=O)(=O)c1cccc(F)c1. The van der Waals surface area contributed by atoms with Crippen LogP contribution in [-0.4, -0.2) is 8.42 Å². The first-order valence-electron chi connectivity index (χ1n) is 4.97. The van der Waals surface area contributed by atoms with Gasteiger partial charge in [0.1, 0.15) is 5.82 Å². The quantitative estimate of drug-likeness (QED) is 0.861. The van der Waals surface area contributed by atoms with Gasteiger partial charge in [-0.1, -0.05) is 22.0 Å². The van der Waals surface area contributed by atoms with E-state index < -0.39 is 15.7 Å². The third-order valence-corrected chi connectivity index (χ3v) is 4.67. The van der Waals surface area contributed by atoms with E-state index in [-0.39, 0.29) is 15.5 Å². The average Bonchev–Trinajstić information content (AvgIpc) is 2.32. The van der Waals surface area contributed by atoms with Gasteiger partial charge in [0.25, 0.3) is 0 Å². The van der Waals surface area contributed by atoms with E-state index in [0.717, 1.165) is 6.07 Å². The van der Waals surface area contributed by atoms with Crippen LogP contribution in [0.1, 0.15) is 0 Å². The third kappa shape index (κ3) is 2.39. The van der Waals surface area contributed by atoms with Crippen molar-refractivity contribution in [2.75, 3.05) is 5.73 Å². The Kier molecular flexibility index (Phi) is 3.41. The summed E-state index contributed by atoms with van der Waals surface area (Å²) in [6.45, 7) is 0. The molecule has 2 aromatic carbocycles. The molecule has 0 unspecified atom stereocenters. The van der Waals surface area contributed by atoms with Gasteiger partial charge in [0.2, 0.25) is 9.84 Å². The Hall–Kier alpha value is -1.40. The summed E-state index contributed by atoms with van der Waals surface area (Å²) in [5.41, 5.74) is 5.78. The fraction of sp³-hybridized carbons (Fsp3) is 0. The van der Waals surface area contributed by atoms with Gasteiger partial charge < -0.3 is 5.73 Å². The number of halogens is 2. The third-order valence-electron chi connectivity index (χ3n) is 2.37. The summed E-state index contributed by atoms with van der Waals surface area (Å²) in [6, 6.07) is 9.35. The fourth-order valence-corrected chi connectivity index (χ4v) is 3.45. The van der Waals surface area contributed by atoms with Crippen LogP contribution in [-0.2, 0) is 9.84 Å². The minimum absolute atomic E-state index is 0.0394. The van der Waals surface area contributed by atoms with Crippen LogP contribution in [0.2, 0.25) is 0 Å². The second-order valence-electron chi connectivity index (χ2n) is 3.64. The maximum absolute atomic E-state index is 13.1. The molecule has 0 fully saturated rings. The molecule has 0 aromatic heterocycles. The van der Waals surface area contributed by atoms with Crippen LogP contribution in [0.15, 0.2) is 56.7 Å². The molecular formula is C12H9BrFNO2S. The van der Waals surface area contributed by atoms with Gasteiger partial charge in [0.15, 0.2) is 0 Å². The minimum Gasteiger partial charge on any atom is -0.398 e. The molecule has 2 N–H and O–H groups in total. The van der Waals surface area contributed by atoms with Crippen LogP contribution in [0.5, 0.6) is 0 Å². The van der Waals surface area contributed by atoms with Gasteiger partial charge in [-0.3, -0.25) is 0 Å². The monoisotopic (exact) mass is 329 g/mol. The van der Waals surface area contributed by atoms with Crippen molar-refractivity contribution < 1.29 is 12.8 Å². The van der Waals surface area contributed by atoms with E-state index in [4.69, 9.17) is 5.73 Å². The van der Waals surface area contributed by atoms with Crippen LogP contribution in [0.4, 0.5) is 10.1 Å². The van der Waals surface area contributed by atoms with Crippen LogP contribution in [0.3, 0.4) is 0 Å². The number of rotatable bonds is 2. The lowest BCUT2D eigenvalue weighted by molar-refractivity contribution is 0.591. The number of benzene rings is 2. The van der Waals surface area contributed by atoms with Crippen LogP contribution < -0.4 is 5.73 Å². The molecule has 2 aromatic rings. The molecule has 0 heterocycles. The zero-order valence-corrected chi connectivity index (χ0v) is 11.5. The number of hydrogen-bond acceptors (Lipinski definition) is 3. The Morgan fingerprint density at radius 1 is 1.11 bits per heavy atom. The molecule has 3 nitrogen and oxygen atoms in total. The van der Waals surface area contributed by atoms with Crippen LogP contribution >= 0.6 is 15.9 Å². The van der Waals surface area contributed by atoms with Gasteiger partial charge in [-0.2, -0.15) is 0 Å². The zero-order chi connectivity index (χ0) is 13.3. The molecule has 94 valence electrons. The summed E-state index contributed by atoms with van der Waals surface area (Å²) in [4.78, 5) is -0.158. The second kappa shape index (κ2) is 4.70. The first-order chi connectivity index (χ1) is 8.41. The molecule has 18 heavy (non-hydrogen) atoms. The van der Waals surface area contributed by atoms with Crippen LogP contribution in [0, 0.1) is 5.82 Å². The van der Waals surface area contributed by atoms with Gasteiger partial charge in [-0.05, 0) is 36.4 Å². The van der Waals surface area contributed by atoms with Crippen LogP contribution in [0.25, 0.3) is 0 Å². The Balaban J connectivity index is 2.65. The number of nitrogen functional groups attached to an aromatic ring is 1. The molecule has 0 aliphatic carbocycles. The van der Waals surface area contributed by atoms with Crippen molar-refractivity contribution in [3.05, 3.63) is 52.8 Å². The van der Waals surface area contributed by atoms with Gasteiger partial charge in [-0.25, -0.2) is 12.8 Å². The summed E-state index contributed by atoms with van der Waals surface area (Å²) in [5.74, 6) is -0.607. The molecule has 0 saturated heterocycles. The maximum Gasteiger partial charge on any atom is 0.208 e. The first kappa shape index (κ1) is 13.0. The second-order valence-corrected chi connectivity index (χ2v) is 6.48. The Labute approximate surface area is 112 Å². The lowest BCUT2D eigenvalue weighted by Crippen LogP contribution is -2.06. The summed E-state index contributed by atoms with van der Waals surface area (Å²) >= 11 is 3.18. The molecule has 6 heteroatoms. The van der Waals surface area contributed by atoms with E-state index in [1.165, 1.54) is 30.3 Å². The topological polar surface area (TPSA) is 60.2 Å². The highest BCUT2D eigenvalue weighted by molar-refractivity contribution is 9.10. The number of sulfone groups is 1. The predicted molar refractivity (Wildman–Crippen MR) is 70.4 cm³/mol. The van der Waals surface area contributed by atoms with Gasteiger partial charge in [0, 0.05) is 4.47 Å². The van der Waals surface area contributed by atoms with E-state index in [1.807, 2.05) is 0 Å². The van der Waals surface area contributed by atoms with Crippen molar-refractivity contribution in [3.8, 4) is 0 Å². The van der Waals surface area contributed by atoms with Gasteiger partial charge >= 0.3 is 0 Å². The molecule has 0 atom stereocenters. The highest BCUT2D eigenvalue weighted by Crippen LogP contribution is 2.28. The van der Waals surface area contributed by atoms with E-state index in [0.29, 0.717) is 4.47 Å². The molecule has 0 spiro atoms. The largest absolute Gasteiger partial charge is 0.398 e. The molecular weight excluding hydrogens is 321 g/mol. The van der Waals surface area contributed by atoms with Crippen molar-refractivity contribution in [1.82, 2.24) is 0 Å². The summed E-state index contributed by atoms with van der Waals surface area (Å²) < 4.78 is 38.3. The van der Waals surface area contributed by atoms with Crippen molar-refractivity contribution >= 4 is 31.5 Å². The van der Waals surface area contributed by atoms with E-state index in [9.17, 15) is 12.8 Å². The normalized spacial score (nSPS) is 11.4. The number of hydrogen-bond donors (Lipinski definition) is 1. The van der Waals surface area contributed by atoms with Crippen molar-refractivity contribution in [2.45, 2.75) is 9.79 Å². The average molecular weight is 330 g/mol. The smallest absolute Gasteiger partial charge is 0.208 e. The Morgan fingerprint density at radius 3 is 2.50 bits per heavy atom. The summed E-state index contributed by atoms with van der Waals surface area (Å²) in [7, 11) is -3.81. The number of anilines is 1. The lowest BCUT2D eigenvalue weighted by Gasteiger charge is -2.08. The molecule has 0 aliphatic heterocycles. The predicted octanol–water partition coefficient (Wildman–Crippen LogP) is 3.00. The van der Waals surface area contributed by atoms with Crippen molar-refractivity contribution in [1.29, 1.82) is 0 Å². The Morgan fingerprint density at radius 2 is 1.83 bits per heavy atom. The molecule has 0 amide bonds. The number of nitrogens with two attached hydrogens (primary N) is 1. The Bertz CT molecular complexity index is 701. The minimum atomic E-state index is -3.81. The van der Waals surface area contributed by atoms with Crippen molar-refractivity contribution in [3.63, 3.8) is 0 Å². The standard InChI is InChI=1S/C12H9BrFNO2S/c13-8-4-5-11(15)12(6-8)18(16,17)10-3-1-2-9(14)7-10/h1-7H,15H2. The molecule has 0 bridgehead atoms. The van der Waals surface area contributed by atoms with Crippen molar-refractivity contribution in [2.24, 2.45) is 0 Å². The summed E-state index contributed by atoms with van der Waals surface area (Å²) in [5, 5.41) is 0. The zero-order valence-electron chi connectivity index (χ0n) is 9.10. The van der Waals surface area contributed by atoms with E-state index in [1.54, 1.807) is 6.07 Å². The van der Waals surface area contributed by atoms with E-state index >= 15 is 0 Å². The van der Waals surface area contributed by atoms with E-state index in [2.05, 4.69) is 15.9 Å². The molecule has 0 aliphatic rings. The van der Waals surface area contributed by atoms with Gasteiger partial charge in [0.05, 0.1) is 15.5 Å². The highest BCUT2D eigenvalue weighted by Gasteiger charge is 2.21. The van der Waals surface area contributed by atoms with Gasteiger partial charge in [-0.15, -0.1) is 0 Å². The molecule has 0 saturated carbocycles. The lowest BCUT2D eigenvalue weighted by atomic mass is 10.3. The molecule has 2 rings (SSSR count). The fourth-order valence-electron chi connectivity index (χ4n) is 1.50. The first-order valence-corrected chi connectivity index (χ1v) is 7.24. The highest BCUT2D eigenvalue weighted by atomic mass is 79.9.